The van der Waals surface area contributed by atoms with E-state index in [-0.39, 0.29) is 16.4 Å². The first-order valence-corrected chi connectivity index (χ1v) is 13.8. The number of imidazole rings is 1. The molecule has 0 spiro atoms. The number of nitro benzene ring substituents is 1. The molecule has 1 heterocycles. The van der Waals surface area contributed by atoms with Crippen LogP contribution in [-0.4, -0.2) is 33.0 Å². The maximum Gasteiger partial charge on any atom is 0.315 e. The fourth-order valence-corrected chi connectivity index (χ4v) is 4.95. The van der Waals surface area contributed by atoms with Gasteiger partial charge in [-0.15, -0.1) is 0 Å². The van der Waals surface area contributed by atoms with E-state index >= 15 is 0 Å². The zero-order valence-electron chi connectivity index (χ0n) is 23.2. The Balaban J connectivity index is 1.83. The molecule has 4 rings (SSSR count). The molecule has 39 heavy (non-hydrogen) atoms. The number of nitrogens with zero attached hydrogens (tertiary/aromatic N) is 4. The van der Waals surface area contributed by atoms with Crippen LogP contribution in [0, 0.1) is 10.1 Å². The quantitative estimate of drug-likeness (QED) is 0.124. The van der Waals surface area contributed by atoms with Crippen molar-refractivity contribution in [3.63, 3.8) is 0 Å². The van der Waals surface area contributed by atoms with E-state index < -0.39 is 0 Å². The Morgan fingerprint density at radius 3 is 2.15 bits per heavy atom. The summed E-state index contributed by atoms with van der Waals surface area (Å²) in [6.45, 7) is 7.12. The van der Waals surface area contributed by atoms with Crippen molar-refractivity contribution in [3.8, 4) is 28.4 Å². The Hall–Kier alpha value is -3.97. The van der Waals surface area contributed by atoms with E-state index in [1.807, 2.05) is 48.5 Å². The van der Waals surface area contributed by atoms with E-state index in [0.29, 0.717) is 18.7 Å². The molecule has 7 heteroatoms. The lowest BCUT2D eigenvalue weighted by Gasteiger charge is -2.24. The van der Waals surface area contributed by atoms with Crippen LogP contribution in [0.5, 0.6) is 5.75 Å². The Bertz CT molecular complexity index is 1350. The number of nitro groups is 1. The summed E-state index contributed by atoms with van der Waals surface area (Å²) in [7, 11) is 1.48. The van der Waals surface area contributed by atoms with Crippen molar-refractivity contribution in [2.75, 3.05) is 13.7 Å². The molecule has 0 N–H and O–H groups in total. The first-order chi connectivity index (χ1) is 19.1. The third-order valence-corrected chi connectivity index (χ3v) is 6.97. The maximum atomic E-state index is 12.0. The highest BCUT2D eigenvalue weighted by Crippen LogP contribution is 2.34. The second-order valence-corrected chi connectivity index (χ2v) is 9.76. The van der Waals surface area contributed by atoms with Gasteiger partial charge in [-0.25, -0.2) is 4.98 Å². The molecule has 0 atom stereocenters. The number of hydrogen-bond acceptors (Lipinski definition) is 5. The highest BCUT2D eigenvalue weighted by Gasteiger charge is 2.25. The number of benzene rings is 3. The SMILES string of the molecule is CCCCN(Cc1cccc(OC)c1[N+](=O)[O-])Cc1c(-c2ccccc2)nc(-c2ccccc2)n1CCCC. The number of unbranched alkanes of at least 4 members (excludes halogenated alkanes) is 2. The van der Waals surface area contributed by atoms with Gasteiger partial charge in [-0.1, -0.05) is 99.5 Å². The molecule has 0 bridgehead atoms. The van der Waals surface area contributed by atoms with Gasteiger partial charge in [-0.05, 0) is 25.5 Å². The third kappa shape index (κ3) is 6.73. The number of aromatic nitrogens is 2. The maximum absolute atomic E-state index is 12.0. The molecule has 0 saturated carbocycles. The first-order valence-electron chi connectivity index (χ1n) is 13.8. The van der Waals surface area contributed by atoms with Crippen molar-refractivity contribution < 1.29 is 9.66 Å². The molecule has 7 nitrogen and oxygen atoms in total. The predicted molar refractivity (Wildman–Crippen MR) is 157 cm³/mol. The van der Waals surface area contributed by atoms with E-state index in [1.165, 1.54) is 7.11 Å². The average molecular weight is 527 g/mol. The molecule has 0 aliphatic carbocycles. The Labute approximate surface area is 231 Å². The lowest BCUT2D eigenvalue weighted by molar-refractivity contribution is -0.386. The molecule has 4 aromatic rings. The number of ether oxygens (including phenoxy) is 1. The van der Waals surface area contributed by atoms with Crippen LogP contribution in [0.15, 0.2) is 78.9 Å². The summed E-state index contributed by atoms with van der Waals surface area (Å²) in [5.74, 6) is 1.25. The van der Waals surface area contributed by atoms with Crippen molar-refractivity contribution in [1.82, 2.24) is 14.5 Å². The molecular formula is C32H38N4O3. The molecule has 0 saturated heterocycles. The lowest BCUT2D eigenvalue weighted by Crippen LogP contribution is -2.26. The predicted octanol–water partition coefficient (Wildman–Crippen LogP) is 7.74. The second-order valence-electron chi connectivity index (χ2n) is 9.76. The minimum absolute atomic E-state index is 0.0363. The number of methoxy groups -OCH3 is 1. The molecule has 3 aromatic carbocycles. The van der Waals surface area contributed by atoms with Gasteiger partial charge in [0.1, 0.15) is 5.82 Å². The summed E-state index contributed by atoms with van der Waals surface area (Å²) in [5, 5.41) is 12.0. The molecule has 0 fully saturated rings. The van der Waals surface area contributed by atoms with Crippen LogP contribution in [0.4, 0.5) is 5.69 Å². The van der Waals surface area contributed by atoms with Crippen LogP contribution >= 0.6 is 0 Å². The van der Waals surface area contributed by atoms with Gasteiger partial charge in [0.05, 0.1) is 23.4 Å². The van der Waals surface area contributed by atoms with Crippen LogP contribution in [0.3, 0.4) is 0 Å². The van der Waals surface area contributed by atoms with Gasteiger partial charge in [0.2, 0.25) is 0 Å². The molecule has 1 aromatic heterocycles. The fraction of sp³-hybridized carbons (Fsp3) is 0.344. The van der Waals surface area contributed by atoms with E-state index in [0.717, 1.165) is 67.1 Å². The van der Waals surface area contributed by atoms with E-state index in [4.69, 9.17) is 9.72 Å². The number of para-hydroxylation sites is 1. The van der Waals surface area contributed by atoms with Crippen LogP contribution in [0.2, 0.25) is 0 Å². The van der Waals surface area contributed by atoms with Crippen molar-refractivity contribution in [1.29, 1.82) is 0 Å². The molecule has 204 valence electrons. The molecule has 0 amide bonds. The summed E-state index contributed by atoms with van der Waals surface area (Å²) >= 11 is 0. The zero-order valence-corrected chi connectivity index (χ0v) is 23.2. The van der Waals surface area contributed by atoms with Crippen LogP contribution < -0.4 is 4.74 Å². The number of hydrogen-bond donors (Lipinski definition) is 0. The van der Waals surface area contributed by atoms with Gasteiger partial charge in [0.15, 0.2) is 5.75 Å². The van der Waals surface area contributed by atoms with E-state index in [2.05, 4.69) is 47.6 Å². The van der Waals surface area contributed by atoms with Crippen LogP contribution in [-0.2, 0) is 19.6 Å². The summed E-state index contributed by atoms with van der Waals surface area (Å²) in [6, 6.07) is 26.0. The Kier molecular flexibility index (Phi) is 9.86. The fourth-order valence-electron chi connectivity index (χ4n) is 4.95. The highest BCUT2D eigenvalue weighted by atomic mass is 16.6. The summed E-state index contributed by atoms with van der Waals surface area (Å²) in [5.41, 5.74) is 4.94. The Morgan fingerprint density at radius 1 is 0.872 bits per heavy atom. The average Bonchev–Trinajstić information content (AvgIpc) is 3.33. The van der Waals surface area contributed by atoms with Crippen molar-refractivity contribution in [2.45, 2.75) is 59.2 Å². The molecule has 0 radical (unpaired) electrons. The third-order valence-electron chi connectivity index (χ3n) is 6.97. The van der Waals surface area contributed by atoms with Gasteiger partial charge in [0.25, 0.3) is 0 Å². The first kappa shape index (κ1) is 28.0. The minimum atomic E-state index is -0.333. The molecular weight excluding hydrogens is 488 g/mol. The minimum Gasteiger partial charge on any atom is -0.490 e. The lowest BCUT2D eigenvalue weighted by atomic mass is 10.1. The smallest absolute Gasteiger partial charge is 0.315 e. The second kappa shape index (κ2) is 13.7. The topological polar surface area (TPSA) is 73.4 Å². The van der Waals surface area contributed by atoms with Gasteiger partial charge in [0, 0.05) is 36.3 Å². The zero-order chi connectivity index (χ0) is 27.6. The van der Waals surface area contributed by atoms with Gasteiger partial charge in [-0.3, -0.25) is 15.0 Å². The molecule has 0 aliphatic heterocycles. The van der Waals surface area contributed by atoms with E-state index in [9.17, 15) is 10.1 Å². The van der Waals surface area contributed by atoms with Crippen molar-refractivity contribution in [3.05, 3.63) is 100 Å². The van der Waals surface area contributed by atoms with E-state index in [1.54, 1.807) is 6.07 Å². The van der Waals surface area contributed by atoms with Crippen molar-refractivity contribution >= 4 is 5.69 Å². The molecule has 0 unspecified atom stereocenters. The monoisotopic (exact) mass is 526 g/mol. The standard InChI is InChI=1S/C32H38N4O3/c1-4-6-21-34(23-27-19-14-20-29(39-3)31(27)36(37)38)24-28-30(25-15-10-8-11-16-25)33-32(35(28)22-7-5-2)26-17-12-9-13-18-26/h8-20H,4-7,21-24H2,1-3H3. The largest absolute Gasteiger partial charge is 0.490 e. The van der Waals surface area contributed by atoms with Crippen LogP contribution in [0.1, 0.15) is 50.8 Å². The summed E-state index contributed by atoms with van der Waals surface area (Å²) in [6.07, 6.45) is 4.13. The van der Waals surface area contributed by atoms with Crippen LogP contribution in [0.25, 0.3) is 22.6 Å². The van der Waals surface area contributed by atoms with Gasteiger partial charge < -0.3 is 9.30 Å². The Morgan fingerprint density at radius 2 is 1.54 bits per heavy atom. The van der Waals surface area contributed by atoms with Gasteiger partial charge in [-0.2, -0.15) is 0 Å². The van der Waals surface area contributed by atoms with Gasteiger partial charge >= 0.3 is 5.69 Å². The number of rotatable bonds is 14. The summed E-state index contributed by atoms with van der Waals surface area (Å²) in [4.78, 5) is 19.2. The summed E-state index contributed by atoms with van der Waals surface area (Å²) < 4.78 is 7.71. The van der Waals surface area contributed by atoms with Crippen molar-refractivity contribution in [2.24, 2.45) is 0 Å². The molecule has 0 aliphatic rings. The highest BCUT2D eigenvalue weighted by molar-refractivity contribution is 5.68. The normalized spacial score (nSPS) is 11.2.